The monoisotopic (exact) mass is 1430 g/mol. The van der Waals surface area contributed by atoms with E-state index in [1.54, 1.807) is 11.1 Å². The van der Waals surface area contributed by atoms with E-state index in [1.165, 1.54) is 285 Å². The van der Waals surface area contributed by atoms with E-state index in [2.05, 4.69) is 216 Å². The molecule has 0 radical (unpaired) electrons. The minimum Gasteiger partial charge on any atom is -0.493 e. The molecular formula is C102H142N2O2. The smallest absolute Gasteiger partial charge is 0.195 e. The summed E-state index contributed by atoms with van der Waals surface area (Å²) in [6, 6.07) is 39.8. The third kappa shape index (κ3) is 23.9. The van der Waals surface area contributed by atoms with Gasteiger partial charge in [0.05, 0.1) is 31.4 Å². The van der Waals surface area contributed by atoms with Crippen LogP contribution < -0.4 is 9.47 Å². The van der Waals surface area contributed by atoms with Gasteiger partial charge in [0.25, 0.3) is 0 Å². The molecule has 0 saturated carbocycles. The number of benzene rings is 6. The predicted octanol–water partition coefficient (Wildman–Crippen LogP) is 31.9. The van der Waals surface area contributed by atoms with Crippen molar-refractivity contribution in [2.75, 3.05) is 13.2 Å². The molecule has 4 heteroatoms. The molecule has 106 heavy (non-hydrogen) atoms. The van der Waals surface area contributed by atoms with Crippen molar-refractivity contribution in [3.63, 3.8) is 0 Å². The molecule has 0 amide bonds. The van der Waals surface area contributed by atoms with Crippen LogP contribution >= 0.6 is 0 Å². The number of aryl methyl sites for hydroxylation is 4. The molecule has 2 aliphatic rings. The first kappa shape index (κ1) is 86.1. The van der Waals surface area contributed by atoms with E-state index < -0.39 is 0 Å². The standard InChI is InChI=1S/C52H70N2O.C50H72O/c1-9-14-17-19-21-23-30-52(31-24-22-20-18-15-10-2)48-32-39(6)26-28-44(48)45-29-27-42(34-49(45)52)35-50(54-8)46-36-51(55-38-41(12-4)25-16-11-3)47(33-40(46)7)43(13-5)37-53;1-8-13-16-18-20-22-32-50(33-23-21-19-17-14-9-2)47-34-39(6)26-30-45(47)46-31-28-42(36-48(46)50)27-29-43-37-49(44(24-11-4)35-40(43)7)51-38-41(12-5)25-15-10-3/h13,26-29,32-36,41H,9-12,14-25,30-31,38H2,1-7H3;11,24,26-31,34-37,41H,8-10,12-23,25,32-33,38H2,1-7H3/b43-13+,50-35-;24-11+,29-27+. The van der Waals surface area contributed by atoms with Crippen molar-refractivity contribution in [2.45, 2.75) is 339 Å². The zero-order chi connectivity index (χ0) is 76.1. The van der Waals surface area contributed by atoms with Crippen molar-refractivity contribution in [3.8, 4) is 39.8 Å². The van der Waals surface area contributed by atoms with Crippen molar-refractivity contribution in [1.82, 2.24) is 0 Å². The maximum Gasteiger partial charge on any atom is 0.195 e. The first-order valence-electron chi connectivity index (χ1n) is 43.2. The van der Waals surface area contributed by atoms with Crippen LogP contribution in [0.5, 0.6) is 11.5 Å². The molecule has 2 aliphatic carbocycles. The first-order chi connectivity index (χ1) is 51.7. The molecule has 0 fully saturated rings. The zero-order valence-corrected chi connectivity index (χ0v) is 69.4. The van der Waals surface area contributed by atoms with E-state index in [0.29, 0.717) is 35.5 Å². The van der Waals surface area contributed by atoms with Gasteiger partial charge in [0, 0.05) is 22.0 Å². The van der Waals surface area contributed by atoms with Crippen LogP contribution in [-0.4, -0.2) is 13.2 Å². The average molecular weight is 1430 g/mol. The fourth-order valence-corrected chi connectivity index (χ4v) is 17.2. The summed E-state index contributed by atoms with van der Waals surface area (Å²) >= 11 is 0. The Balaban J connectivity index is 0.000000297. The number of hydrogen-bond donors (Lipinski definition) is 0. The van der Waals surface area contributed by atoms with Crippen molar-refractivity contribution >= 4 is 35.6 Å². The van der Waals surface area contributed by atoms with Crippen LogP contribution in [0.25, 0.3) is 62.7 Å². The minimum absolute atomic E-state index is 0.0132. The number of nitrogens with zero attached hydrogens (tertiary/aromatic N) is 2. The molecule has 8 rings (SSSR count). The van der Waals surface area contributed by atoms with Crippen molar-refractivity contribution < 1.29 is 9.47 Å². The van der Waals surface area contributed by atoms with Gasteiger partial charge in [-0.05, 0) is 195 Å². The highest BCUT2D eigenvalue weighted by molar-refractivity contribution is 5.91. The third-order valence-electron chi connectivity index (χ3n) is 23.9. The second-order valence-corrected chi connectivity index (χ2v) is 32.1. The number of nitriles is 1. The van der Waals surface area contributed by atoms with E-state index in [1.807, 2.05) is 25.1 Å². The lowest BCUT2D eigenvalue weighted by atomic mass is 9.70. The van der Waals surface area contributed by atoms with E-state index in [4.69, 9.17) is 16.0 Å². The molecular weight excluding hydrogens is 1290 g/mol. The zero-order valence-electron chi connectivity index (χ0n) is 69.4. The Morgan fingerprint density at radius 1 is 0.425 bits per heavy atom. The Labute approximate surface area is 648 Å². The van der Waals surface area contributed by atoms with Crippen LogP contribution in [0.2, 0.25) is 0 Å². The summed E-state index contributed by atoms with van der Waals surface area (Å²) in [5.74, 6) is 2.76. The molecule has 2 unspecified atom stereocenters. The average Bonchev–Trinajstić information content (AvgIpc) is 1.57. The highest BCUT2D eigenvalue weighted by atomic mass is 16.5. The lowest BCUT2D eigenvalue weighted by molar-refractivity contribution is 0.233. The van der Waals surface area contributed by atoms with Crippen LogP contribution in [0.15, 0.2) is 109 Å². The molecule has 0 bridgehead atoms. The molecule has 4 nitrogen and oxygen atoms in total. The van der Waals surface area contributed by atoms with Crippen LogP contribution in [0.1, 0.15) is 378 Å². The number of ether oxygens (including phenoxy) is 2. The normalized spacial score (nSPS) is 14.0. The van der Waals surface area contributed by atoms with Gasteiger partial charge in [-0.2, -0.15) is 5.26 Å². The molecule has 0 saturated heterocycles. The summed E-state index contributed by atoms with van der Waals surface area (Å²) < 4.78 is 13.1. The summed E-state index contributed by atoms with van der Waals surface area (Å²) in [5, 5.41) is 10.0. The molecule has 0 spiro atoms. The van der Waals surface area contributed by atoms with Gasteiger partial charge in [0.2, 0.25) is 0 Å². The lowest BCUT2D eigenvalue weighted by Crippen LogP contribution is -2.25. The van der Waals surface area contributed by atoms with Gasteiger partial charge in [0.1, 0.15) is 11.5 Å². The topological polar surface area (TPSA) is 46.6 Å². The van der Waals surface area contributed by atoms with E-state index in [-0.39, 0.29) is 10.8 Å². The highest BCUT2D eigenvalue weighted by Crippen LogP contribution is 2.57. The third-order valence-corrected chi connectivity index (χ3v) is 23.9. The minimum atomic E-state index is -0.0132. The van der Waals surface area contributed by atoms with E-state index >= 15 is 0 Å². The fourth-order valence-electron chi connectivity index (χ4n) is 17.2. The summed E-state index contributed by atoms with van der Waals surface area (Å²) in [5.41, 5.74) is 24.6. The lowest BCUT2D eigenvalue weighted by Gasteiger charge is -2.33. The Kier molecular flexibility index (Phi) is 37.6. The predicted molar refractivity (Wildman–Crippen MR) is 464 cm³/mol. The Morgan fingerprint density at radius 3 is 1.26 bits per heavy atom. The molecule has 0 aliphatic heterocycles. The fraction of sp³-hybridized carbons (Fsp3) is 0.549. The molecule has 0 heterocycles. The molecule has 6 aromatic carbocycles. The van der Waals surface area contributed by atoms with Crippen molar-refractivity contribution in [2.24, 2.45) is 11.8 Å². The Morgan fingerprint density at radius 2 is 0.840 bits per heavy atom. The van der Waals surface area contributed by atoms with Gasteiger partial charge in [-0.1, -0.05) is 368 Å². The van der Waals surface area contributed by atoms with Gasteiger partial charge in [-0.15, -0.1) is 0 Å². The SMILES string of the molecule is C/C=C/c1cc(C)c(/C=C/c2ccc3c(c2)C(CCCCCCCC)(CCCCCCCC)c2cc(C)ccc2-3)cc1OCC(CC)CCCC.[C-]#[N+]/C(=C\c1ccc2c(c1)C(CCCCCCCC)(CCCCCCCC)c1cc(C)ccc1-2)c1cc(OCC(CC)CCCC)c(/C(C#N)=C/C)cc1C. The summed E-state index contributed by atoms with van der Waals surface area (Å²) in [4.78, 5) is 4.15. The first-order valence-corrected chi connectivity index (χ1v) is 43.2. The summed E-state index contributed by atoms with van der Waals surface area (Å²) in [6.07, 6.45) is 59.0. The largest absolute Gasteiger partial charge is 0.493 e. The quantitative estimate of drug-likeness (QED) is 0.0166. The molecule has 0 N–H and O–H groups in total. The van der Waals surface area contributed by atoms with Crippen molar-refractivity contribution in [1.29, 1.82) is 5.26 Å². The molecule has 0 aromatic heterocycles. The van der Waals surface area contributed by atoms with Crippen LogP contribution in [-0.2, 0) is 10.8 Å². The molecule has 2 atom stereocenters. The van der Waals surface area contributed by atoms with Gasteiger partial charge < -0.3 is 9.47 Å². The second kappa shape index (κ2) is 46.3. The number of fused-ring (bicyclic) bond motifs is 6. The number of allylic oxidation sites excluding steroid dienone is 3. The molecule has 572 valence electrons. The van der Waals surface area contributed by atoms with Gasteiger partial charge in [-0.25, -0.2) is 4.85 Å². The van der Waals surface area contributed by atoms with Gasteiger partial charge in [-0.3, -0.25) is 0 Å². The number of rotatable bonds is 48. The van der Waals surface area contributed by atoms with Crippen LogP contribution in [0.4, 0.5) is 0 Å². The maximum atomic E-state index is 10.0. The maximum absolute atomic E-state index is 10.0. The van der Waals surface area contributed by atoms with Gasteiger partial charge in [0.15, 0.2) is 5.70 Å². The van der Waals surface area contributed by atoms with Gasteiger partial charge >= 0.3 is 0 Å². The number of unbranched alkanes of at least 4 members (excludes halogenated alkanes) is 22. The van der Waals surface area contributed by atoms with Crippen molar-refractivity contribution in [3.05, 3.63) is 199 Å². The summed E-state index contributed by atoms with van der Waals surface area (Å²) in [6.45, 7) is 40.9. The van der Waals surface area contributed by atoms with Crippen LogP contribution in [0.3, 0.4) is 0 Å². The Hall–Kier alpha value is -7.14. The highest BCUT2D eigenvalue weighted by Gasteiger charge is 2.44. The molecule has 6 aromatic rings. The second-order valence-electron chi connectivity index (χ2n) is 32.1. The summed E-state index contributed by atoms with van der Waals surface area (Å²) in [7, 11) is 0. The Bertz CT molecular complexity index is 3840. The number of hydrogen-bond acceptors (Lipinski definition) is 3. The van der Waals surface area contributed by atoms with E-state index in [9.17, 15) is 5.26 Å². The van der Waals surface area contributed by atoms with Crippen LogP contribution in [0, 0.1) is 57.4 Å². The van der Waals surface area contributed by atoms with E-state index in [0.717, 1.165) is 47.5 Å².